The number of anilines is 1. The van der Waals surface area contributed by atoms with Crippen LogP contribution in [0.5, 0.6) is 5.75 Å². The predicted molar refractivity (Wildman–Crippen MR) is 151 cm³/mol. The number of amides is 4. The zero-order valence-corrected chi connectivity index (χ0v) is 24.5. The van der Waals surface area contributed by atoms with Gasteiger partial charge in [-0.25, -0.2) is 9.29 Å². The van der Waals surface area contributed by atoms with E-state index in [0.29, 0.717) is 16.7 Å². The first-order valence-corrected chi connectivity index (χ1v) is 14.3. The van der Waals surface area contributed by atoms with E-state index >= 15 is 0 Å². The fraction of sp³-hybridized carbons (Fsp3) is 0.419. The Bertz CT molecular complexity index is 1570. The minimum Gasteiger partial charge on any atom is -0.507 e. The molecular weight excluding hydrogens is 570 g/mol. The molecule has 2 heterocycles. The van der Waals surface area contributed by atoms with Gasteiger partial charge in [-0.1, -0.05) is 29.8 Å². The molecule has 0 spiro atoms. The van der Waals surface area contributed by atoms with Gasteiger partial charge in [0.05, 0.1) is 17.5 Å². The molecule has 41 heavy (non-hydrogen) atoms. The Balaban J connectivity index is 1.58. The number of carbonyl (C=O) groups excluding carboxylic acids is 4. The molecule has 10 heteroatoms. The van der Waals surface area contributed by atoms with E-state index in [9.17, 15) is 28.7 Å². The lowest BCUT2D eigenvalue weighted by Gasteiger charge is -2.50. The monoisotopic (exact) mass is 598 g/mol. The molecule has 2 saturated heterocycles. The number of likely N-dealkylation sites (tertiary alicyclic amines) is 1. The molecule has 1 saturated carbocycles. The number of phenols is 1. The van der Waals surface area contributed by atoms with Crippen molar-refractivity contribution in [2.24, 2.45) is 17.8 Å². The van der Waals surface area contributed by atoms with Crippen molar-refractivity contribution in [3.8, 4) is 5.75 Å². The number of nitrogens with zero attached hydrogens (tertiary/aromatic N) is 2. The largest absolute Gasteiger partial charge is 0.507 e. The number of rotatable bonds is 2. The lowest BCUT2D eigenvalue weighted by atomic mass is 9.56. The highest BCUT2D eigenvalue weighted by Gasteiger charge is 2.77. The van der Waals surface area contributed by atoms with E-state index in [4.69, 9.17) is 23.2 Å². The third-order valence-electron chi connectivity index (χ3n) is 9.15. The van der Waals surface area contributed by atoms with Crippen molar-refractivity contribution in [2.45, 2.75) is 61.7 Å². The smallest absolute Gasteiger partial charge is 0.258 e. The molecule has 0 unspecified atom stereocenters. The molecule has 3 fully saturated rings. The van der Waals surface area contributed by atoms with Gasteiger partial charge in [-0.3, -0.25) is 24.1 Å². The number of hydrogen-bond donors (Lipinski definition) is 1. The second-order valence-corrected chi connectivity index (χ2v) is 13.7. The lowest BCUT2D eigenvalue weighted by Crippen LogP contribution is -2.60. The van der Waals surface area contributed by atoms with E-state index < -0.39 is 56.6 Å². The number of carbonyl (C=O) groups is 4. The van der Waals surface area contributed by atoms with Gasteiger partial charge in [0.25, 0.3) is 11.8 Å². The Morgan fingerprint density at radius 2 is 1.61 bits per heavy atom. The second kappa shape index (κ2) is 8.88. The maximum absolute atomic E-state index is 14.3. The normalized spacial score (nSPS) is 33.1. The average molecular weight is 599 g/mol. The van der Waals surface area contributed by atoms with Crippen molar-refractivity contribution in [1.82, 2.24) is 4.90 Å². The zero-order chi connectivity index (χ0) is 29.8. The quantitative estimate of drug-likeness (QED) is 0.291. The van der Waals surface area contributed by atoms with Gasteiger partial charge in [0, 0.05) is 17.0 Å². The first-order chi connectivity index (χ1) is 19.1. The molecule has 6 atom stereocenters. The van der Waals surface area contributed by atoms with Crippen molar-refractivity contribution in [3.05, 3.63) is 71.1 Å². The average Bonchev–Trinajstić information content (AvgIpc) is 3.25. The summed E-state index contributed by atoms with van der Waals surface area (Å²) < 4.78 is 13.8. The summed E-state index contributed by atoms with van der Waals surface area (Å²) in [5, 5.41) is 11.2. The number of fused-ring (bicyclic) bond motifs is 4. The fourth-order valence-electron chi connectivity index (χ4n) is 7.32. The number of para-hydroxylation sites is 1. The highest BCUT2D eigenvalue weighted by atomic mass is 35.5. The fourth-order valence-corrected chi connectivity index (χ4v) is 8.25. The molecule has 214 valence electrons. The molecule has 0 bridgehead atoms. The van der Waals surface area contributed by atoms with Gasteiger partial charge in [0.15, 0.2) is 9.75 Å². The van der Waals surface area contributed by atoms with Gasteiger partial charge in [-0.2, -0.15) is 0 Å². The van der Waals surface area contributed by atoms with Crippen LogP contribution < -0.4 is 4.90 Å². The van der Waals surface area contributed by atoms with Crippen molar-refractivity contribution < 1.29 is 28.7 Å². The molecule has 1 N–H and O–H groups in total. The van der Waals surface area contributed by atoms with Gasteiger partial charge in [0.2, 0.25) is 11.8 Å². The van der Waals surface area contributed by atoms with Crippen molar-refractivity contribution in [3.63, 3.8) is 0 Å². The highest BCUT2D eigenvalue weighted by Crippen LogP contribution is 2.66. The van der Waals surface area contributed by atoms with E-state index in [1.54, 1.807) is 45.9 Å². The maximum Gasteiger partial charge on any atom is 0.258 e. The third-order valence-corrected chi connectivity index (χ3v) is 10.6. The Labute approximate surface area is 246 Å². The summed E-state index contributed by atoms with van der Waals surface area (Å²) in [5.41, 5.74) is 0.756. The van der Waals surface area contributed by atoms with Gasteiger partial charge in [0.1, 0.15) is 11.6 Å². The Morgan fingerprint density at radius 1 is 0.951 bits per heavy atom. The molecule has 7 nitrogen and oxygen atoms in total. The number of aromatic hydroxyl groups is 1. The van der Waals surface area contributed by atoms with Crippen LogP contribution >= 0.6 is 23.2 Å². The van der Waals surface area contributed by atoms with Gasteiger partial charge in [-0.05, 0) is 76.3 Å². The van der Waals surface area contributed by atoms with Crippen LogP contribution in [-0.4, -0.2) is 48.9 Å². The van der Waals surface area contributed by atoms with Crippen LogP contribution in [0.3, 0.4) is 0 Å². The number of aryl methyl sites for hydroxylation is 1. The summed E-state index contributed by atoms with van der Waals surface area (Å²) in [5.74, 6) is -6.14. The molecule has 2 aromatic carbocycles. The SMILES string of the molecule is Cc1cccc([C@H]2C3=CC[C@@H]4C(=O)N(C(C)(C)C)C(=O)[C@@H]4[C@@H]3C[C@@]3(Cl)C(=O)N(c4ccc(F)cc4)C(=O)[C@@]23Cl)c1O. The topological polar surface area (TPSA) is 95.0 Å². The summed E-state index contributed by atoms with van der Waals surface area (Å²) in [6, 6.07) is 9.88. The number of halogens is 3. The van der Waals surface area contributed by atoms with Crippen LogP contribution in [0, 0.1) is 30.5 Å². The van der Waals surface area contributed by atoms with E-state index in [1.165, 1.54) is 17.0 Å². The summed E-state index contributed by atoms with van der Waals surface area (Å²) in [6.45, 7) is 7.06. The minimum atomic E-state index is -2.09. The molecule has 0 aromatic heterocycles. The first kappa shape index (κ1) is 27.9. The molecule has 4 amide bonds. The maximum atomic E-state index is 14.3. The third kappa shape index (κ3) is 3.56. The molecule has 4 aliphatic rings. The van der Waals surface area contributed by atoms with Crippen LogP contribution in [0.4, 0.5) is 10.1 Å². The van der Waals surface area contributed by atoms with Crippen LogP contribution in [0.25, 0.3) is 0 Å². The summed E-state index contributed by atoms with van der Waals surface area (Å²) in [7, 11) is 0. The van der Waals surface area contributed by atoms with E-state index in [0.717, 1.165) is 17.0 Å². The molecule has 2 aliphatic heterocycles. The Morgan fingerprint density at radius 3 is 2.24 bits per heavy atom. The van der Waals surface area contributed by atoms with Crippen LogP contribution in [0.15, 0.2) is 54.1 Å². The van der Waals surface area contributed by atoms with Crippen LogP contribution in [0.2, 0.25) is 0 Å². The van der Waals surface area contributed by atoms with Crippen molar-refractivity contribution >= 4 is 52.5 Å². The van der Waals surface area contributed by atoms with E-state index in [-0.39, 0.29) is 36.1 Å². The van der Waals surface area contributed by atoms with Crippen molar-refractivity contribution in [1.29, 1.82) is 0 Å². The summed E-state index contributed by atoms with van der Waals surface area (Å²) in [6.07, 6.45) is 1.89. The standard InChI is InChI=1S/C31H29Cl2FN2O5/c1-15-6-5-7-20(24(15)37)23-18-12-13-19-22(26(39)36(25(19)38)29(2,3)4)21(18)14-30(32)27(40)35(28(41)31(23,30)33)17-10-8-16(34)9-11-17/h5-12,19,21-23,37H,13-14H2,1-4H3/t19-,21+,22-,23+,30+,31-/m0/s1. The van der Waals surface area contributed by atoms with Gasteiger partial charge < -0.3 is 5.11 Å². The van der Waals surface area contributed by atoms with Crippen LogP contribution in [-0.2, 0) is 19.2 Å². The molecule has 0 radical (unpaired) electrons. The molecule has 2 aliphatic carbocycles. The number of benzene rings is 2. The molecular formula is C31H29Cl2FN2O5. The number of phenolic OH excluding ortho intramolecular Hbond substituents is 1. The zero-order valence-electron chi connectivity index (χ0n) is 23.0. The van der Waals surface area contributed by atoms with Crippen molar-refractivity contribution in [2.75, 3.05) is 4.90 Å². The molecule has 6 rings (SSSR count). The minimum absolute atomic E-state index is 0.101. The highest BCUT2D eigenvalue weighted by molar-refractivity contribution is 6.58. The first-order valence-electron chi connectivity index (χ1n) is 13.5. The number of alkyl halides is 2. The number of allylic oxidation sites excluding steroid dienone is 2. The predicted octanol–water partition coefficient (Wildman–Crippen LogP) is 5.20. The van der Waals surface area contributed by atoms with Gasteiger partial charge in [-0.15, -0.1) is 23.2 Å². The van der Waals surface area contributed by atoms with Gasteiger partial charge >= 0.3 is 0 Å². The number of hydrogen-bond acceptors (Lipinski definition) is 5. The van der Waals surface area contributed by atoms with Crippen LogP contribution in [0.1, 0.15) is 50.7 Å². The van der Waals surface area contributed by atoms with E-state index in [2.05, 4.69) is 0 Å². The molecule has 2 aromatic rings. The number of imide groups is 2. The second-order valence-electron chi connectivity index (χ2n) is 12.4. The summed E-state index contributed by atoms with van der Waals surface area (Å²) >= 11 is 14.6. The lowest BCUT2D eigenvalue weighted by molar-refractivity contribution is -0.145. The Kier molecular flexibility index (Phi) is 6.05. The van der Waals surface area contributed by atoms with E-state index in [1.807, 2.05) is 6.08 Å². The Hall–Kier alpha value is -3.23. The summed E-state index contributed by atoms with van der Waals surface area (Å²) in [4.78, 5) is 53.9.